The predicted molar refractivity (Wildman–Crippen MR) is 95.9 cm³/mol. The normalized spacial score (nSPS) is 22.1. The van der Waals surface area contributed by atoms with Crippen molar-refractivity contribution in [3.05, 3.63) is 47.9 Å². The van der Waals surface area contributed by atoms with Gasteiger partial charge >= 0.3 is 12.2 Å². The van der Waals surface area contributed by atoms with E-state index in [4.69, 9.17) is 4.74 Å². The lowest BCUT2D eigenvalue weighted by Gasteiger charge is -2.42. The lowest BCUT2D eigenvalue weighted by atomic mass is 10.00. The van der Waals surface area contributed by atoms with Crippen LogP contribution in [0.3, 0.4) is 0 Å². The van der Waals surface area contributed by atoms with Crippen molar-refractivity contribution < 1.29 is 22.7 Å². The van der Waals surface area contributed by atoms with E-state index in [1.54, 1.807) is 20.8 Å². The van der Waals surface area contributed by atoms with Gasteiger partial charge in [0.25, 0.3) is 5.95 Å². The third-order valence-corrected chi connectivity index (χ3v) is 4.86. The van der Waals surface area contributed by atoms with Crippen LogP contribution < -0.4 is 0 Å². The highest BCUT2D eigenvalue weighted by Crippen LogP contribution is 2.47. The van der Waals surface area contributed by atoms with Gasteiger partial charge in [0.15, 0.2) is 0 Å². The maximum absolute atomic E-state index is 14.1. The van der Waals surface area contributed by atoms with E-state index in [9.17, 15) is 18.0 Å². The van der Waals surface area contributed by atoms with Crippen LogP contribution in [0.15, 0.2) is 42.4 Å². The van der Waals surface area contributed by atoms with Gasteiger partial charge in [0.05, 0.1) is 0 Å². The molecule has 2 aliphatic rings. The Morgan fingerprint density at radius 3 is 2.37 bits per heavy atom. The molecule has 1 aromatic rings. The van der Waals surface area contributed by atoms with E-state index in [0.717, 1.165) is 5.56 Å². The summed E-state index contributed by atoms with van der Waals surface area (Å²) in [5.41, 5.74) is 0.445. The maximum Gasteiger partial charge on any atom is 0.410 e. The fourth-order valence-corrected chi connectivity index (χ4v) is 3.49. The highest BCUT2D eigenvalue weighted by atomic mass is 19.3. The number of nitrogens with zero attached hydrogens (tertiary/aromatic N) is 2. The Kier molecular flexibility index (Phi) is 5.40. The summed E-state index contributed by atoms with van der Waals surface area (Å²) in [6.45, 7) is 6.28. The molecule has 0 unspecified atom stereocenters. The van der Waals surface area contributed by atoms with E-state index in [1.165, 1.54) is 9.80 Å². The monoisotopic (exact) mass is 382 g/mol. The average molecular weight is 382 g/mol. The fourth-order valence-electron chi connectivity index (χ4n) is 3.49. The number of carbonyl (C=O) groups excluding carboxylic acids is 1. The molecule has 1 aliphatic carbocycles. The summed E-state index contributed by atoms with van der Waals surface area (Å²) in [5, 5.41) is 0. The average Bonchev–Trinajstić information content (AvgIpc) is 3.32. The molecule has 148 valence electrons. The molecule has 0 N–H and O–H groups in total. The van der Waals surface area contributed by atoms with E-state index in [0.29, 0.717) is 19.5 Å². The number of halogens is 3. The van der Waals surface area contributed by atoms with Crippen LogP contribution in [0.5, 0.6) is 0 Å². The Balaban J connectivity index is 1.59. The molecule has 0 spiro atoms. The van der Waals surface area contributed by atoms with Crippen molar-refractivity contribution in [2.24, 2.45) is 5.92 Å². The molecule has 0 radical (unpaired) electrons. The van der Waals surface area contributed by atoms with Gasteiger partial charge < -0.3 is 14.5 Å². The molecule has 27 heavy (non-hydrogen) atoms. The summed E-state index contributed by atoms with van der Waals surface area (Å²) >= 11 is 0. The smallest absolute Gasteiger partial charge is 0.410 e. The van der Waals surface area contributed by atoms with Crippen molar-refractivity contribution in [2.75, 3.05) is 19.6 Å². The predicted octanol–water partition coefficient (Wildman–Crippen LogP) is 4.75. The first-order chi connectivity index (χ1) is 12.7. The number of hydrogen-bond donors (Lipinski definition) is 0. The summed E-state index contributed by atoms with van der Waals surface area (Å²) < 4.78 is 45.3. The van der Waals surface area contributed by atoms with Crippen LogP contribution in [0.4, 0.5) is 18.0 Å². The summed E-state index contributed by atoms with van der Waals surface area (Å²) in [6, 6.07) is 9.27. The Hall–Kier alpha value is -2.18. The highest BCUT2D eigenvalue weighted by molar-refractivity contribution is 5.69. The van der Waals surface area contributed by atoms with Crippen LogP contribution in [0.25, 0.3) is 0 Å². The molecule has 0 aromatic heterocycles. The molecule has 2 fully saturated rings. The summed E-state index contributed by atoms with van der Waals surface area (Å²) in [4.78, 5) is 14.7. The SMILES string of the molecule is CC(C)(C)OC(=O)N1CC(CN(C(F)=C(F)F)[C@@H]2C[C@H]2c2ccccc2)C1. The van der Waals surface area contributed by atoms with Gasteiger partial charge in [-0.25, -0.2) is 4.79 Å². The topological polar surface area (TPSA) is 32.8 Å². The Morgan fingerprint density at radius 2 is 1.81 bits per heavy atom. The summed E-state index contributed by atoms with van der Waals surface area (Å²) in [5.74, 6) is -1.45. The van der Waals surface area contributed by atoms with Crippen molar-refractivity contribution in [3.63, 3.8) is 0 Å². The Labute approximate surface area is 157 Å². The van der Waals surface area contributed by atoms with Crippen LogP contribution in [0.1, 0.15) is 38.7 Å². The van der Waals surface area contributed by atoms with Gasteiger partial charge in [0.2, 0.25) is 0 Å². The van der Waals surface area contributed by atoms with Crippen LogP contribution >= 0.6 is 0 Å². The van der Waals surface area contributed by atoms with Crippen molar-refractivity contribution in [2.45, 2.75) is 44.8 Å². The number of rotatable bonds is 5. The maximum atomic E-state index is 14.1. The zero-order chi connectivity index (χ0) is 19.8. The fraction of sp³-hybridized carbons (Fsp3) is 0.550. The highest BCUT2D eigenvalue weighted by Gasteiger charge is 2.46. The molecule has 1 aromatic carbocycles. The molecule has 2 atom stereocenters. The van der Waals surface area contributed by atoms with Crippen molar-refractivity contribution in [1.82, 2.24) is 9.80 Å². The number of hydrogen-bond acceptors (Lipinski definition) is 3. The first-order valence-corrected chi connectivity index (χ1v) is 9.16. The van der Waals surface area contributed by atoms with E-state index >= 15 is 0 Å². The second-order valence-electron chi connectivity index (χ2n) is 8.28. The molecule has 1 amide bonds. The molecule has 1 aliphatic heterocycles. The van der Waals surface area contributed by atoms with Gasteiger partial charge in [0.1, 0.15) is 5.60 Å². The van der Waals surface area contributed by atoms with Gasteiger partial charge in [-0.15, -0.1) is 0 Å². The number of carbonyl (C=O) groups is 1. The molecular formula is C20H25F3N2O2. The third-order valence-electron chi connectivity index (χ3n) is 4.86. The van der Waals surface area contributed by atoms with Gasteiger partial charge in [-0.05, 0) is 32.8 Å². The molecule has 1 saturated heterocycles. The number of ether oxygens (including phenoxy) is 1. The minimum Gasteiger partial charge on any atom is -0.444 e. The standard InChI is InChI=1S/C20H25F3N2O2/c1-20(2,3)27-19(26)24-10-13(11-24)12-25(18(23)17(21)22)16-9-15(16)14-7-5-4-6-8-14/h4-8,13,15-16H,9-12H2,1-3H3/t15-,16+/m0/s1. The van der Waals surface area contributed by atoms with Crippen molar-refractivity contribution in [1.29, 1.82) is 0 Å². The van der Waals surface area contributed by atoms with E-state index < -0.39 is 23.7 Å². The van der Waals surface area contributed by atoms with Crippen molar-refractivity contribution >= 4 is 6.09 Å². The molecule has 4 nitrogen and oxygen atoms in total. The second-order valence-corrected chi connectivity index (χ2v) is 8.28. The third kappa shape index (κ3) is 4.76. The zero-order valence-corrected chi connectivity index (χ0v) is 15.8. The lowest BCUT2D eigenvalue weighted by Crippen LogP contribution is -2.55. The van der Waals surface area contributed by atoms with Gasteiger partial charge in [0, 0.05) is 37.5 Å². The second kappa shape index (κ2) is 7.44. The molecular weight excluding hydrogens is 357 g/mol. The van der Waals surface area contributed by atoms with E-state index in [1.807, 2.05) is 30.3 Å². The molecule has 1 heterocycles. The number of benzene rings is 1. The quantitative estimate of drug-likeness (QED) is 0.689. The van der Waals surface area contributed by atoms with Crippen LogP contribution in [-0.2, 0) is 4.74 Å². The van der Waals surface area contributed by atoms with Crippen molar-refractivity contribution in [3.8, 4) is 0 Å². The number of amides is 1. The van der Waals surface area contributed by atoms with E-state index in [-0.39, 0.29) is 24.4 Å². The van der Waals surface area contributed by atoms with Gasteiger partial charge in [-0.1, -0.05) is 30.3 Å². The first-order valence-electron chi connectivity index (χ1n) is 9.16. The number of likely N-dealkylation sites (tertiary alicyclic amines) is 1. The van der Waals surface area contributed by atoms with Gasteiger partial charge in [-0.3, -0.25) is 0 Å². The minimum absolute atomic E-state index is 0.0540. The molecule has 0 bridgehead atoms. The molecule has 3 rings (SSSR count). The largest absolute Gasteiger partial charge is 0.444 e. The minimum atomic E-state index is -2.29. The van der Waals surface area contributed by atoms with E-state index in [2.05, 4.69) is 0 Å². The van der Waals surface area contributed by atoms with Crippen LogP contribution in [0, 0.1) is 5.92 Å². The summed E-state index contributed by atoms with van der Waals surface area (Å²) in [6.07, 6.45) is -2.07. The van der Waals surface area contributed by atoms with Gasteiger partial charge in [-0.2, -0.15) is 13.2 Å². The van der Waals surface area contributed by atoms with Crippen LogP contribution in [-0.4, -0.2) is 47.2 Å². The Morgan fingerprint density at radius 1 is 1.19 bits per heavy atom. The van der Waals surface area contributed by atoms with Crippen LogP contribution in [0.2, 0.25) is 0 Å². The molecule has 7 heteroatoms. The Bertz CT molecular complexity index is 708. The lowest BCUT2D eigenvalue weighted by molar-refractivity contribution is -0.00667. The zero-order valence-electron chi connectivity index (χ0n) is 15.8. The first kappa shape index (κ1) is 19.6. The molecule has 1 saturated carbocycles. The summed E-state index contributed by atoms with van der Waals surface area (Å²) in [7, 11) is 0.